The summed E-state index contributed by atoms with van der Waals surface area (Å²) in [5, 5.41) is 10.5. The van der Waals surface area contributed by atoms with E-state index >= 15 is 0 Å². The maximum Gasteiger partial charge on any atom is 0.247 e. The van der Waals surface area contributed by atoms with Gasteiger partial charge >= 0.3 is 0 Å². The molecule has 0 spiro atoms. The fourth-order valence-corrected chi connectivity index (χ4v) is 1.20. The summed E-state index contributed by atoms with van der Waals surface area (Å²) in [5.41, 5.74) is -1.59. The lowest BCUT2D eigenvalue weighted by Gasteiger charge is -2.21. The monoisotopic (exact) mass is 197 g/mol. The highest BCUT2D eigenvalue weighted by Crippen LogP contribution is 2.30. The lowest BCUT2D eigenvalue weighted by Crippen LogP contribution is -2.36. The molecule has 0 bridgehead atoms. The van der Waals surface area contributed by atoms with E-state index in [1.165, 1.54) is 13.8 Å². The van der Waals surface area contributed by atoms with Crippen molar-refractivity contribution in [2.75, 3.05) is 0 Å². The molecule has 3 nitrogen and oxygen atoms in total. The molecular weight excluding hydrogens is 185 g/mol. The molecule has 0 heterocycles. The Morgan fingerprint density at radius 3 is 2.36 bits per heavy atom. The van der Waals surface area contributed by atoms with Crippen LogP contribution in [-0.2, 0) is 5.67 Å². The lowest BCUT2D eigenvalue weighted by atomic mass is 9.91. The number of alkyl halides is 1. The number of hydrogen-bond donors (Lipinski definition) is 0. The minimum atomic E-state index is -1.93. The zero-order valence-electron chi connectivity index (χ0n) is 8.11. The van der Waals surface area contributed by atoms with Crippen LogP contribution in [0, 0.1) is 10.1 Å². The zero-order valence-corrected chi connectivity index (χ0v) is 8.11. The molecule has 0 N–H and O–H groups in total. The Labute approximate surface area is 81.7 Å². The molecule has 1 unspecified atom stereocenters. The first-order valence-corrected chi connectivity index (χ1v) is 4.34. The first-order valence-electron chi connectivity index (χ1n) is 4.34. The fraction of sp³-hybridized carbons (Fsp3) is 0.400. The lowest BCUT2D eigenvalue weighted by molar-refractivity contribution is -0.537. The molecule has 1 aromatic rings. The van der Waals surface area contributed by atoms with E-state index in [0.29, 0.717) is 5.56 Å². The maximum absolute atomic E-state index is 14.0. The van der Waals surface area contributed by atoms with Crippen LogP contribution in [0.2, 0.25) is 0 Å². The number of nitro groups is 1. The average Bonchev–Trinajstić information content (AvgIpc) is 2.18. The Bertz CT molecular complexity index is 324. The van der Waals surface area contributed by atoms with E-state index in [-0.39, 0.29) is 0 Å². The molecule has 0 fully saturated rings. The standard InChI is InChI=1S/C10H12FNO2/c1-8(12(13)14)10(2,11)9-6-4-3-5-7-9/h3-8H,1-2H3/t8?,10-/m0/s1. The van der Waals surface area contributed by atoms with E-state index in [1.807, 2.05) is 0 Å². The Kier molecular flexibility index (Phi) is 2.84. The molecular formula is C10H12FNO2. The van der Waals surface area contributed by atoms with E-state index in [9.17, 15) is 14.5 Å². The third-order valence-electron chi connectivity index (χ3n) is 2.44. The highest BCUT2D eigenvalue weighted by molar-refractivity contribution is 5.22. The summed E-state index contributed by atoms with van der Waals surface area (Å²) >= 11 is 0. The number of nitrogens with zero attached hydrogens (tertiary/aromatic N) is 1. The second-order valence-electron chi connectivity index (χ2n) is 3.40. The highest BCUT2D eigenvalue weighted by atomic mass is 19.1. The summed E-state index contributed by atoms with van der Waals surface area (Å²) in [6.45, 7) is 2.50. The van der Waals surface area contributed by atoms with E-state index in [1.54, 1.807) is 30.3 Å². The largest absolute Gasteiger partial charge is 0.264 e. The summed E-state index contributed by atoms with van der Waals surface area (Å²) < 4.78 is 14.0. The van der Waals surface area contributed by atoms with Gasteiger partial charge in [0.25, 0.3) is 0 Å². The van der Waals surface area contributed by atoms with Crippen molar-refractivity contribution in [2.24, 2.45) is 0 Å². The van der Waals surface area contributed by atoms with Crippen LogP contribution in [0.5, 0.6) is 0 Å². The number of rotatable bonds is 3. The average molecular weight is 197 g/mol. The predicted octanol–water partition coefficient (Wildman–Crippen LogP) is 2.54. The van der Waals surface area contributed by atoms with Gasteiger partial charge in [-0.25, -0.2) is 4.39 Å². The van der Waals surface area contributed by atoms with Gasteiger partial charge in [-0.15, -0.1) is 0 Å². The van der Waals surface area contributed by atoms with E-state index in [0.717, 1.165) is 0 Å². The molecule has 76 valence electrons. The molecule has 0 saturated carbocycles. The summed E-state index contributed by atoms with van der Waals surface area (Å²) in [6, 6.07) is 6.95. The second kappa shape index (κ2) is 3.74. The van der Waals surface area contributed by atoms with Crippen molar-refractivity contribution < 1.29 is 9.31 Å². The summed E-state index contributed by atoms with van der Waals surface area (Å²) in [6.07, 6.45) is 0. The normalized spacial score (nSPS) is 17.1. The van der Waals surface area contributed by atoms with Gasteiger partial charge in [0.05, 0.1) is 0 Å². The van der Waals surface area contributed by atoms with E-state index < -0.39 is 16.6 Å². The SMILES string of the molecule is CC([N+](=O)[O-])[C@](C)(F)c1ccccc1. The van der Waals surface area contributed by atoms with Gasteiger partial charge in [0, 0.05) is 11.8 Å². The van der Waals surface area contributed by atoms with Crippen LogP contribution in [0.1, 0.15) is 19.4 Å². The molecule has 0 aliphatic rings. The van der Waals surface area contributed by atoms with Gasteiger partial charge in [0.2, 0.25) is 6.04 Å². The molecule has 1 aromatic carbocycles. The molecule has 2 atom stereocenters. The number of hydrogen-bond acceptors (Lipinski definition) is 2. The quantitative estimate of drug-likeness (QED) is 0.552. The molecule has 0 aliphatic carbocycles. The van der Waals surface area contributed by atoms with Crippen molar-refractivity contribution in [1.82, 2.24) is 0 Å². The summed E-state index contributed by atoms with van der Waals surface area (Å²) in [5.74, 6) is 0. The molecule has 0 aromatic heterocycles. The van der Waals surface area contributed by atoms with Gasteiger partial charge in [0.15, 0.2) is 5.67 Å². The number of benzene rings is 1. The molecule has 0 radical (unpaired) electrons. The Balaban J connectivity index is 3.02. The third-order valence-corrected chi connectivity index (χ3v) is 2.44. The van der Waals surface area contributed by atoms with Crippen molar-refractivity contribution in [2.45, 2.75) is 25.6 Å². The van der Waals surface area contributed by atoms with Crippen LogP contribution in [0.3, 0.4) is 0 Å². The van der Waals surface area contributed by atoms with Crippen LogP contribution in [0.4, 0.5) is 4.39 Å². The molecule has 0 aliphatic heterocycles. The minimum Gasteiger partial charge on any atom is -0.264 e. The summed E-state index contributed by atoms with van der Waals surface area (Å²) in [7, 11) is 0. The summed E-state index contributed by atoms with van der Waals surface area (Å²) in [4.78, 5) is 9.88. The van der Waals surface area contributed by atoms with Gasteiger partial charge in [-0.1, -0.05) is 30.3 Å². The van der Waals surface area contributed by atoms with Crippen LogP contribution in [-0.4, -0.2) is 11.0 Å². The zero-order chi connectivity index (χ0) is 10.8. The Morgan fingerprint density at radius 2 is 1.93 bits per heavy atom. The van der Waals surface area contributed by atoms with Gasteiger partial charge < -0.3 is 0 Å². The molecule has 0 amide bonds. The second-order valence-corrected chi connectivity index (χ2v) is 3.40. The molecule has 1 rings (SSSR count). The first kappa shape index (κ1) is 10.6. The highest BCUT2D eigenvalue weighted by Gasteiger charge is 2.41. The molecule has 0 saturated heterocycles. The third kappa shape index (κ3) is 1.89. The van der Waals surface area contributed by atoms with Gasteiger partial charge in [-0.3, -0.25) is 10.1 Å². The van der Waals surface area contributed by atoms with Crippen LogP contribution in [0.25, 0.3) is 0 Å². The van der Waals surface area contributed by atoms with Crippen molar-refractivity contribution in [3.63, 3.8) is 0 Å². The van der Waals surface area contributed by atoms with E-state index in [2.05, 4.69) is 0 Å². The Morgan fingerprint density at radius 1 is 1.43 bits per heavy atom. The fourth-order valence-electron chi connectivity index (χ4n) is 1.20. The van der Waals surface area contributed by atoms with Crippen molar-refractivity contribution in [3.8, 4) is 0 Å². The topological polar surface area (TPSA) is 43.1 Å². The maximum atomic E-state index is 14.0. The first-order chi connectivity index (χ1) is 6.46. The van der Waals surface area contributed by atoms with Crippen LogP contribution >= 0.6 is 0 Å². The minimum absolute atomic E-state index is 0.337. The van der Waals surface area contributed by atoms with Crippen LogP contribution < -0.4 is 0 Å². The van der Waals surface area contributed by atoms with E-state index in [4.69, 9.17) is 0 Å². The van der Waals surface area contributed by atoms with Gasteiger partial charge in [0.1, 0.15) is 0 Å². The van der Waals surface area contributed by atoms with Crippen LogP contribution in [0.15, 0.2) is 30.3 Å². The smallest absolute Gasteiger partial charge is 0.247 e. The van der Waals surface area contributed by atoms with Crippen molar-refractivity contribution in [3.05, 3.63) is 46.0 Å². The van der Waals surface area contributed by atoms with Gasteiger partial charge in [-0.2, -0.15) is 0 Å². The van der Waals surface area contributed by atoms with Crippen molar-refractivity contribution >= 4 is 0 Å². The molecule has 4 heteroatoms. The predicted molar refractivity (Wildman–Crippen MR) is 51.4 cm³/mol. The number of halogens is 1. The molecule has 14 heavy (non-hydrogen) atoms. The van der Waals surface area contributed by atoms with Crippen molar-refractivity contribution in [1.29, 1.82) is 0 Å². The Hall–Kier alpha value is -1.45. The van der Waals surface area contributed by atoms with Gasteiger partial charge in [-0.05, 0) is 12.5 Å².